The predicted octanol–water partition coefficient (Wildman–Crippen LogP) is 6.00. The molecule has 1 aliphatic carbocycles. The van der Waals surface area contributed by atoms with Crippen LogP contribution in [0.3, 0.4) is 0 Å². The van der Waals surface area contributed by atoms with Crippen molar-refractivity contribution in [1.29, 1.82) is 0 Å². The van der Waals surface area contributed by atoms with Gasteiger partial charge in [-0.3, -0.25) is 9.69 Å². The zero-order chi connectivity index (χ0) is 19.3. The van der Waals surface area contributed by atoms with Crippen LogP contribution in [0.5, 0.6) is 0 Å². The van der Waals surface area contributed by atoms with Crippen LogP contribution in [0, 0.1) is 0 Å². The average Bonchev–Trinajstić information content (AvgIpc) is 3.09. The Kier molecular flexibility index (Phi) is 6.48. The van der Waals surface area contributed by atoms with Crippen molar-refractivity contribution in [3.63, 3.8) is 0 Å². The molecule has 28 heavy (non-hydrogen) atoms. The minimum atomic E-state index is 0.175. The quantitative estimate of drug-likeness (QED) is 0.592. The lowest BCUT2D eigenvalue weighted by molar-refractivity contribution is -0.117. The Labute approximate surface area is 173 Å². The molecular formula is C24H32N2OS. The lowest BCUT2D eigenvalue weighted by Crippen LogP contribution is -2.47. The van der Waals surface area contributed by atoms with Crippen LogP contribution < -0.4 is 4.90 Å². The first-order valence-corrected chi connectivity index (χ1v) is 11.8. The molecule has 0 N–H and O–H groups in total. The topological polar surface area (TPSA) is 23.6 Å². The van der Waals surface area contributed by atoms with Crippen molar-refractivity contribution in [2.45, 2.75) is 64.3 Å². The number of allylic oxidation sites excluding steroid dienone is 1. The number of thiophene rings is 1. The Morgan fingerprint density at radius 2 is 1.93 bits per heavy atom. The highest BCUT2D eigenvalue weighted by Crippen LogP contribution is 2.37. The summed E-state index contributed by atoms with van der Waals surface area (Å²) in [7, 11) is 0. The maximum absolute atomic E-state index is 12.6. The van der Waals surface area contributed by atoms with Gasteiger partial charge < -0.3 is 4.90 Å². The maximum atomic E-state index is 12.6. The fraction of sp³-hybridized carbons (Fsp3) is 0.542. The standard InChI is InChI=1S/C24H32N2OS/c1-19(27)26(24-23-12-8-7-11-21(23)18-28-24)22-13-15-25(16-14-22)17-20-9-5-3-2-4-6-10-20/h7-9,11-12,18,22H,2-6,10,13-17H2,1H3/b20-9+. The molecule has 2 aromatic rings. The average molecular weight is 397 g/mol. The molecule has 0 atom stereocenters. The molecule has 1 aliphatic heterocycles. The van der Waals surface area contributed by atoms with Crippen LogP contribution in [-0.2, 0) is 4.79 Å². The number of piperidine rings is 1. The molecule has 0 unspecified atom stereocenters. The highest BCUT2D eigenvalue weighted by atomic mass is 32.1. The molecule has 2 heterocycles. The zero-order valence-electron chi connectivity index (χ0n) is 17.0. The number of carbonyl (C=O) groups excluding carboxylic acids is 1. The van der Waals surface area contributed by atoms with E-state index < -0.39 is 0 Å². The van der Waals surface area contributed by atoms with Crippen molar-refractivity contribution in [2.24, 2.45) is 0 Å². The van der Waals surface area contributed by atoms with Crippen LogP contribution in [-0.4, -0.2) is 36.5 Å². The van der Waals surface area contributed by atoms with Crippen molar-refractivity contribution in [2.75, 3.05) is 24.5 Å². The van der Waals surface area contributed by atoms with Gasteiger partial charge in [-0.05, 0) is 43.9 Å². The molecule has 4 rings (SSSR count). The maximum Gasteiger partial charge on any atom is 0.224 e. The number of anilines is 1. The molecule has 4 heteroatoms. The number of hydrogen-bond acceptors (Lipinski definition) is 3. The molecule has 1 aromatic heterocycles. The summed E-state index contributed by atoms with van der Waals surface area (Å²) in [6, 6.07) is 8.75. The number of amides is 1. The molecule has 0 saturated carbocycles. The number of likely N-dealkylation sites (tertiary alicyclic amines) is 1. The first-order valence-electron chi connectivity index (χ1n) is 10.9. The minimum absolute atomic E-state index is 0.175. The van der Waals surface area contributed by atoms with Gasteiger partial charge in [0, 0.05) is 43.4 Å². The van der Waals surface area contributed by atoms with Gasteiger partial charge in [-0.2, -0.15) is 0 Å². The lowest BCUT2D eigenvalue weighted by atomic mass is 9.98. The molecule has 1 fully saturated rings. The normalized spacial score (nSPS) is 21.7. The van der Waals surface area contributed by atoms with Gasteiger partial charge in [0.2, 0.25) is 5.91 Å². The third kappa shape index (κ3) is 4.49. The lowest BCUT2D eigenvalue weighted by Gasteiger charge is -2.38. The summed E-state index contributed by atoms with van der Waals surface area (Å²) >= 11 is 1.71. The van der Waals surface area contributed by atoms with Gasteiger partial charge in [-0.25, -0.2) is 0 Å². The van der Waals surface area contributed by atoms with Crippen LogP contribution in [0.2, 0.25) is 0 Å². The van der Waals surface area contributed by atoms with E-state index in [2.05, 4.69) is 45.5 Å². The molecule has 0 spiro atoms. The van der Waals surface area contributed by atoms with E-state index in [1.165, 1.54) is 49.3 Å². The largest absolute Gasteiger partial charge is 0.300 e. The Balaban J connectivity index is 1.42. The van der Waals surface area contributed by atoms with Crippen LogP contribution >= 0.6 is 11.3 Å². The van der Waals surface area contributed by atoms with E-state index in [1.54, 1.807) is 23.8 Å². The van der Waals surface area contributed by atoms with E-state index in [0.717, 1.165) is 37.5 Å². The number of rotatable bonds is 4. The second kappa shape index (κ2) is 9.23. The molecule has 3 nitrogen and oxygen atoms in total. The predicted molar refractivity (Wildman–Crippen MR) is 120 cm³/mol. The van der Waals surface area contributed by atoms with Crippen LogP contribution in [0.25, 0.3) is 10.8 Å². The molecular weight excluding hydrogens is 364 g/mol. The number of nitrogens with zero attached hydrogens (tertiary/aromatic N) is 2. The minimum Gasteiger partial charge on any atom is -0.300 e. The molecule has 150 valence electrons. The summed E-state index contributed by atoms with van der Waals surface area (Å²) in [5.74, 6) is 0.175. The summed E-state index contributed by atoms with van der Waals surface area (Å²) in [5, 5.41) is 5.76. The number of carbonyl (C=O) groups is 1. The smallest absolute Gasteiger partial charge is 0.224 e. The molecule has 1 amide bonds. The van der Waals surface area contributed by atoms with Crippen molar-refractivity contribution in [3.8, 4) is 0 Å². The molecule has 0 radical (unpaired) electrons. The zero-order valence-corrected chi connectivity index (χ0v) is 17.8. The van der Waals surface area contributed by atoms with E-state index in [4.69, 9.17) is 0 Å². The first kappa shape index (κ1) is 19.7. The Morgan fingerprint density at radius 3 is 2.75 bits per heavy atom. The fourth-order valence-corrected chi connectivity index (χ4v) is 5.90. The summed E-state index contributed by atoms with van der Waals surface area (Å²) in [4.78, 5) is 17.3. The second-order valence-corrected chi connectivity index (χ2v) is 9.20. The summed E-state index contributed by atoms with van der Waals surface area (Å²) in [6.07, 6.45) is 12.7. The Bertz CT molecular complexity index is 832. The third-order valence-corrected chi connectivity index (χ3v) is 7.29. The van der Waals surface area contributed by atoms with Gasteiger partial charge in [0.05, 0.1) is 0 Å². The van der Waals surface area contributed by atoms with Crippen molar-refractivity contribution < 1.29 is 4.79 Å². The van der Waals surface area contributed by atoms with Gasteiger partial charge in [0.1, 0.15) is 5.00 Å². The van der Waals surface area contributed by atoms with Gasteiger partial charge in [0.15, 0.2) is 0 Å². The first-order chi connectivity index (χ1) is 13.7. The van der Waals surface area contributed by atoms with E-state index in [1.807, 2.05) is 0 Å². The van der Waals surface area contributed by atoms with E-state index in [0.29, 0.717) is 6.04 Å². The molecule has 0 bridgehead atoms. The van der Waals surface area contributed by atoms with Gasteiger partial charge in [-0.15, -0.1) is 11.3 Å². The third-order valence-electron chi connectivity index (χ3n) is 6.28. The second-order valence-electron chi connectivity index (χ2n) is 8.34. The summed E-state index contributed by atoms with van der Waals surface area (Å²) in [5.41, 5.74) is 1.64. The molecule has 2 aliphatic rings. The summed E-state index contributed by atoms with van der Waals surface area (Å²) in [6.45, 7) is 5.04. The molecule has 1 aromatic carbocycles. The van der Waals surface area contributed by atoms with Crippen molar-refractivity contribution in [3.05, 3.63) is 41.3 Å². The van der Waals surface area contributed by atoms with Crippen molar-refractivity contribution in [1.82, 2.24) is 4.90 Å². The Morgan fingerprint density at radius 1 is 1.14 bits per heavy atom. The van der Waals surface area contributed by atoms with Crippen LogP contribution in [0.4, 0.5) is 5.00 Å². The van der Waals surface area contributed by atoms with E-state index in [-0.39, 0.29) is 5.91 Å². The fourth-order valence-electron chi connectivity index (χ4n) is 4.75. The number of fused-ring (bicyclic) bond motifs is 1. The van der Waals surface area contributed by atoms with E-state index in [9.17, 15) is 4.79 Å². The highest BCUT2D eigenvalue weighted by molar-refractivity contribution is 7.16. The van der Waals surface area contributed by atoms with Crippen LogP contribution in [0.15, 0.2) is 41.3 Å². The van der Waals surface area contributed by atoms with Gasteiger partial charge >= 0.3 is 0 Å². The highest BCUT2D eigenvalue weighted by Gasteiger charge is 2.29. The van der Waals surface area contributed by atoms with Gasteiger partial charge in [-0.1, -0.05) is 48.8 Å². The number of hydrogen-bond donors (Lipinski definition) is 0. The van der Waals surface area contributed by atoms with Crippen molar-refractivity contribution >= 4 is 33.0 Å². The van der Waals surface area contributed by atoms with Crippen LogP contribution in [0.1, 0.15) is 58.3 Å². The number of benzene rings is 1. The monoisotopic (exact) mass is 396 g/mol. The Hall–Kier alpha value is -1.65. The SMILES string of the molecule is CC(=O)N(c1scc2ccccc12)C1CCN(C/C2=C/CCCCCC2)CC1. The van der Waals surface area contributed by atoms with E-state index >= 15 is 0 Å². The van der Waals surface area contributed by atoms with Gasteiger partial charge in [0.25, 0.3) is 0 Å². The summed E-state index contributed by atoms with van der Waals surface area (Å²) < 4.78 is 0. The molecule has 1 saturated heterocycles.